The normalized spacial score (nSPS) is 11.0. The summed E-state index contributed by atoms with van der Waals surface area (Å²) in [4.78, 5) is 29.6. The third-order valence-electron chi connectivity index (χ3n) is 4.57. The lowest BCUT2D eigenvalue weighted by Gasteiger charge is -2.08. The van der Waals surface area contributed by atoms with Crippen LogP contribution in [0.5, 0.6) is 0 Å². The third kappa shape index (κ3) is 3.64. The minimum atomic E-state index is -0.474. The Labute approximate surface area is 165 Å². The highest BCUT2D eigenvalue weighted by Gasteiger charge is 2.15. The maximum Gasteiger partial charge on any atom is 0.352 e. The maximum atomic E-state index is 13.4. The van der Waals surface area contributed by atoms with Crippen molar-refractivity contribution in [3.8, 4) is 11.3 Å². The van der Waals surface area contributed by atoms with E-state index in [-0.39, 0.29) is 6.54 Å². The van der Waals surface area contributed by atoms with E-state index >= 15 is 0 Å². The second-order valence-corrected chi connectivity index (χ2v) is 6.70. The minimum Gasteiger partial charge on any atom is -0.324 e. The molecule has 2 heterocycles. The third-order valence-corrected chi connectivity index (χ3v) is 4.57. The van der Waals surface area contributed by atoms with E-state index in [1.165, 1.54) is 16.5 Å². The van der Waals surface area contributed by atoms with Crippen molar-refractivity contribution in [3.63, 3.8) is 0 Å². The van der Waals surface area contributed by atoms with E-state index in [2.05, 4.69) is 15.4 Å². The molecule has 0 aliphatic rings. The summed E-state index contributed by atoms with van der Waals surface area (Å²) in [5, 5.41) is 6.89. The van der Waals surface area contributed by atoms with Crippen molar-refractivity contribution in [1.29, 1.82) is 0 Å². The van der Waals surface area contributed by atoms with Crippen molar-refractivity contribution in [2.24, 2.45) is 0 Å². The summed E-state index contributed by atoms with van der Waals surface area (Å²) in [5.41, 5.74) is 2.60. The number of carbonyl (C=O) groups excluding carboxylic acids is 1. The zero-order valence-corrected chi connectivity index (χ0v) is 15.9. The first-order chi connectivity index (χ1) is 13.9. The van der Waals surface area contributed by atoms with Gasteiger partial charge in [-0.05, 0) is 31.5 Å². The Hall–Kier alpha value is -3.81. The number of fused-ring (bicyclic) bond motifs is 1. The smallest absolute Gasteiger partial charge is 0.324 e. The van der Waals surface area contributed by atoms with Gasteiger partial charge in [-0.3, -0.25) is 4.79 Å². The molecule has 0 aliphatic heterocycles. The lowest BCUT2D eigenvalue weighted by atomic mass is 10.1. The summed E-state index contributed by atoms with van der Waals surface area (Å²) in [5.74, 6) is -0.456. The number of carbonyl (C=O) groups is 1. The van der Waals surface area contributed by atoms with Crippen molar-refractivity contribution in [1.82, 2.24) is 19.2 Å². The molecule has 4 rings (SSSR count). The zero-order chi connectivity index (χ0) is 20.5. The van der Waals surface area contributed by atoms with Gasteiger partial charge >= 0.3 is 5.69 Å². The first kappa shape index (κ1) is 18.5. The number of nitrogens with zero attached hydrogens (tertiary/aromatic N) is 4. The lowest BCUT2D eigenvalue weighted by molar-refractivity contribution is -0.117. The van der Waals surface area contributed by atoms with E-state index in [4.69, 9.17) is 0 Å². The standard InChI is InChI=1S/C21H18FN5O2/c1-13-8-9-16(22)10-17(13)24-20(28)12-26-21(29)27-14(2)23-18(11-19(27)25-26)15-6-4-3-5-7-15/h3-11H,12H2,1-2H3,(H,24,28). The summed E-state index contributed by atoms with van der Waals surface area (Å²) in [6.07, 6.45) is 0. The van der Waals surface area contributed by atoms with Crippen molar-refractivity contribution < 1.29 is 9.18 Å². The van der Waals surface area contributed by atoms with Gasteiger partial charge in [0.05, 0.1) is 5.69 Å². The molecule has 0 saturated carbocycles. The first-order valence-electron chi connectivity index (χ1n) is 9.01. The van der Waals surface area contributed by atoms with Gasteiger partial charge in [0, 0.05) is 17.3 Å². The fourth-order valence-electron chi connectivity index (χ4n) is 3.12. The van der Waals surface area contributed by atoms with E-state index < -0.39 is 17.4 Å². The molecule has 0 spiro atoms. The molecule has 2 aromatic carbocycles. The van der Waals surface area contributed by atoms with Gasteiger partial charge in [-0.15, -0.1) is 5.10 Å². The van der Waals surface area contributed by atoms with Gasteiger partial charge in [0.2, 0.25) is 5.91 Å². The summed E-state index contributed by atoms with van der Waals surface area (Å²) in [6.45, 7) is 3.17. The molecule has 0 fully saturated rings. The number of benzene rings is 2. The number of rotatable bonds is 4. The molecule has 7 nitrogen and oxygen atoms in total. The molecule has 0 aliphatic carbocycles. The number of amides is 1. The van der Waals surface area contributed by atoms with Crippen LogP contribution in [0.4, 0.5) is 10.1 Å². The van der Waals surface area contributed by atoms with Gasteiger partial charge in [0.25, 0.3) is 0 Å². The molecule has 0 radical (unpaired) electrons. The molecule has 0 bridgehead atoms. The molecule has 29 heavy (non-hydrogen) atoms. The summed E-state index contributed by atoms with van der Waals surface area (Å²) < 4.78 is 15.8. The summed E-state index contributed by atoms with van der Waals surface area (Å²) >= 11 is 0. The zero-order valence-electron chi connectivity index (χ0n) is 15.9. The van der Waals surface area contributed by atoms with Crippen LogP contribution in [0.2, 0.25) is 0 Å². The van der Waals surface area contributed by atoms with Gasteiger partial charge in [-0.2, -0.15) is 0 Å². The fraction of sp³-hybridized carbons (Fsp3) is 0.143. The molecule has 1 amide bonds. The Morgan fingerprint density at radius 2 is 1.86 bits per heavy atom. The number of anilines is 1. The maximum absolute atomic E-state index is 13.4. The van der Waals surface area contributed by atoms with Crippen molar-refractivity contribution >= 4 is 17.2 Å². The van der Waals surface area contributed by atoms with Crippen LogP contribution in [0.3, 0.4) is 0 Å². The van der Waals surface area contributed by atoms with E-state index in [1.54, 1.807) is 26.0 Å². The number of aromatic nitrogens is 4. The molecule has 2 aromatic heterocycles. The van der Waals surface area contributed by atoms with Crippen LogP contribution in [0.15, 0.2) is 59.4 Å². The molecular weight excluding hydrogens is 373 g/mol. The molecular formula is C21H18FN5O2. The van der Waals surface area contributed by atoms with E-state index in [9.17, 15) is 14.0 Å². The molecule has 0 unspecified atom stereocenters. The highest BCUT2D eigenvalue weighted by atomic mass is 19.1. The number of halogens is 1. The molecule has 146 valence electrons. The van der Waals surface area contributed by atoms with Crippen molar-refractivity contribution in [2.45, 2.75) is 20.4 Å². The Bertz CT molecular complexity index is 1280. The lowest BCUT2D eigenvalue weighted by Crippen LogP contribution is -2.29. The topological polar surface area (TPSA) is 81.3 Å². The average Bonchev–Trinajstić information content (AvgIpc) is 3.01. The Balaban J connectivity index is 1.65. The van der Waals surface area contributed by atoms with Crippen LogP contribution in [-0.2, 0) is 11.3 Å². The molecule has 1 N–H and O–H groups in total. The monoisotopic (exact) mass is 391 g/mol. The van der Waals surface area contributed by atoms with Gasteiger partial charge < -0.3 is 5.32 Å². The SMILES string of the molecule is Cc1ccc(F)cc1NC(=O)Cn1nc2cc(-c3ccccc3)nc(C)n2c1=O. The van der Waals surface area contributed by atoms with E-state index in [1.807, 2.05) is 30.3 Å². The Morgan fingerprint density at radius 1 is 1.10 bits per heavy atom. The first-order valence-corrected chi connectivity index (χ1v) is 9.01. The van der Waals surface area contributed by atoms with Gasteiger partial charge in [-0.25, -0.2) is 23.3 Å². The summed E-state index contributed by atoms with van der Waals surface area (Å²) in [7, 11) is 0. The van der Waals surface area contributed by atoms with Gasteiger partial charge in [-0.1, -0.05) is 36.4 Å². The second kappa shape index (κ2) is 7.31. The number of aryl methyl sites for hydroxylation is 2. The largest absolute Gasteiger partial charge is 0.352 e. The molecule has 4 aromatic rings. The van der Waals surface area contributed by atoms with Crippen LogP contribution in [0.1, 0.15) is 11.4 Å². The highest BCUT2D eigenvalue weighted by molar-refractivity contribution is 5.91. The predicted molar refractivity (Wildman–Crippen MR) is 107 cm³/mol. The Kier molecular flexibility index (Phi) is 4.67. The fourth-order valence-corrected chi connectivity index (χ4v) is 3.12. The highest BCUT2D eigenvalue weighted by Crippen LogP contribution is 2.18. The minimum absolute atomic E-state index is 0.295. The average molecular weight is 391 g/mol. The van der Waals surface area contributed by atoms with Crippen LogP contribution in [0, 0.1) is 19.7 Å². The van der Waals surface area contributed by atoms with Gasteiger partial charge in [0.15, 0.2) is 5.65 Å². The molecule has 8 heteroatoms. The number of nitrogens with one attached hydrogen (secondary N) is 1. The van der Waals surface area contributed by atoms with Crippen LogP contribution < -0.4 is 11.0 Å². The quantitative estimate of drug-likeness (QED) is 0.580. The number of hydrogen-bond donors (Lipinski definition) is 1. The van der Waals surface area contributed by atoms with Gasteiger partial charge in [0.1, 0.15) is 18.2 Å². The Morgan fingerprint density at radius 3 is 2.62 bits per heavy atom. The van der Waals surface area contributed by atoms with E-state index in [0.717, 1.165) is 15.8 Å². The van der Waals surface area contributed by atoms with E-state index in [0.29, 0.717) is 22.9 Å². The van der Waals surface area contributed by atoms with Crippen LogP contribution >= 0.6 is 0 Å². The number of hydrogen-bond acceptors (Lipinski definition) is 4. The van der Waals surface area contributed by atoms with Crippen molar-refractivity contribution in [3.05, 3.63) is 82.3 Å². The van der Waals surface area contributed by atoms with Crippen LogP contribution in [-0.4, -0.2) is 25.1 Å². The molecule has 0 saturated heterocycles. The summed E-state index contributed by atoms with van der Waals surface area (Å²) in [6, 6.07) is 15.4. The predicted octanol–water partition coefficient (Wildman–Crippen LogP) is 2.95. The molecule has 0 atom stereocenters. The van der Waals surface area contributed by atoms with Crippen LogP contribution in [0.25, 0.3) is 16.9 Å². The van der Waals surface area contributed by atoms with Crippen molar-refractivity contribution in [2.75, 3.05) is 5.32 Å². The second-order valence-electron chi connectivity index (χ2n) is 6.70.